The zero-order valence-corrected chi connectivity index (χ0v) is 7.19. The van der Waals surface area contributed by atoms with Crippen molar-refractivity contribution in [2.24, 2.45) is 0 Å². The van der Waals surface area contributed by atoms with Gasteiger partial charge in [-0.15, -0.1) is 10.2 Å². The molecule has 2 rings (SSSR count). The summed E-state index contributed by atoms with van der Waals surface area (Å²) in [6.45, 7) is 0. The highest BCUT2D eigenvalue weighted by Crippen LogP contribution is 2.03. The Balaban J connectivity index is 2.76. The second kappa shape index (κ2) is 2.58. The predicted molar refractivity (Wildman–Crippen MR) is 43.4 cm³/mol. The lowest BCUT2D eigenvalue weighted by Gasteiger charge is -1.91. The molecule has 0 atom stereocenters. The zero-order chi connectivity index (χ0) is 7.68. The van der Waals surface area contributed by atoms with E-state index in [1.54, 1.807) is 12.4 Å². The van der Waals surface area contributed by atoms with Crippen LogP contribution in [0.2, 0.25) is 0 Å². The summed E-state index contributed by atoms with van der Waals surface area (Å²) in [7, 11) is 0. The van der Waals surface area contributed by atoms with Gasteiger partial charge in [0.05, 0.1) is 11.5 Å². The minimum atomic E-state index is 0.707. The van der Waals surface area contributed by atoms with Crippen molar-refractivity contribution in [3.8, 4) is 0 Å². The third-order valence-corrected chi connectivity index (χ3v) is 1.91. The Morgan fingerprint density at radius 1 is 1.45 bits per heavy atom. The number of hydrogen-bond donors (Lipinski definition) is 0. The molecule has 0 aliphatic heterocycles. The van der Waals surface area contributed by atoms with Crippen LogP contribution in [0.3, 0.4) is 0 Å². The first kappa shape index (κ1) is 6.72. The van der Waals surface area contributed by atoms with Gasteiger partial charge in [0.15, 0.2) is 5.65 Å². The third kappa shape index (κ3) is 1.01. The fourth-order valence-electron chi connectivity index (χ4n) is 0.894. The Hall–Kier alpha value is -0.970. The fraction of sp³-hybridized carbons (Fsp3) is 0.167. The van der Waals surface area contributed by atoms with Crippen LogP contribution in [-0.4, -0.2) is 19.6 Å². The molecule has 0 unspecified atom stereocenters. The third-order valence-electron chi connectivity index (χ3n) is 1.40. The van der Waals surface area contributed by atoms with Crippen LogP contribution in [0.1, 0.15) is 5.82 Å². The monoisotopic (exact) mass is 212 g/mol. The molecule has 5 heteroatoms. The number of hydrogen-bond acceptors (Lipinski definition) is 3. The van der Waals surface area contributed by atoms with Crippen molar-refractivity contribution in [1.82, 2.24) is 19.6 Å². The Kier molecular flexibility index (Phi) is 1.58. The van der Waals surface area contributed by atoms with Crippen LogP contribution < -0.4 is 0 Å². The number of fused-ring (bicyclic) bond motifs is 1. The number of alkyl halides is 1. The van der Waals surface area contributed by atoms with E-state index in [1.807, 2.05) is 10.6 Å². The van der Waals surface area contributed by atoms with Gasteiger partial charge in [0.25, 0.3) is 0 Å². The maximum absolute atomic E-state index is 3.94. The number of nitrogens with zero attached hydrogens (tertiary/aromatic N) is 4. The molecule has 0 spiro atoms. The van der Waals surface area contributed by atoms with Crippen molar-refractivity contribution >= 4 is 21.6 Å². The Morgan fingerprint density at radius 2 is 2.36 bits per heavy atom. The van der Waals surface area contributed by atoms with Crippen molar-refractivity contribution in [1.29, 1.82) is 0 Å². The second-order valence-electron chi connectivity index (χ2n) is 2.05. The van der Waals surface area contributed by atoms with Gasteiger partial charge in [-0.3, -0.25) is 9.38 Å². The summed E-state index contributed by atoms with van der Waals surface area (Å²) in [5.41, 5.74) is 0.780. The molecule has 2 heterocycles. The molecule has 0 saturated carbocycles. The van der Waals surface area contributed by atoms with Crippen LogP contribution in [0.25, 0.3) is 5.65 Å². The molecule has 0 aliphatic rings. The second-order valence-corrected chi connectivity index (χ2v) is 2.62. The average molecular weight is 213 g/mol. The number of aromatic nitrogens is 4. The standard InChI is InChI=1S/C6H5BrN4/c7-3-5-9-10-6-4-8-1-2-11(5)6/h1-2,4H,3H2. The van der Waals surface area contributed by atoms with Crippen molar-refractivity contribution in [3.63, 3.8) is 0 Å². The van der Waals surface area contributed by atoms with Gasteiger partial charge in [-0.25, -0.2) is 0 Å². The first-order valence-corrected chi connectivity index (χ1v) is 4.23. The lowest BCUT2D eigenvalue weighted by Crippen LogP contribution is -1.89. The highest BCUT2D eigenvalue weighted by atomic mass is 79.9. The maximum Gasteiger partial charge on any atom is 0.179 e. The summed E-state index contributed by atoms with van der Waals surface area (Å²) in [6, 6.07) is 0. The Labute approximate surface area is 71.4 Å². The van der Waals surface area contributed by atoms with Crippen molar-refractivity contribution in [2.75, 3.05) is 0 Å². The first-order valence-electron chi connectivity index (χ1n) is 3.11. The highest BCUT2D eigenvalue weighted by Gasteiger charge is 2.00. The van der Waals surface area contributed by atoms with Gasteiger partial charge >= 0.3 is 0 Å². The van der Waals surface area contributed by atoms with E-state index in [0.717, 1.165) is 11.5 Å². The van der Waals surface area contributed by atoms with Gasteiger partial charge in [0.2, 0.25) is 0 Å². The Bertz CT molecular complexity index is 369. The lowest BCUT2D eigenvalue weighted by molar-refractivity contribution is 0.991. The van der Waals surface area contributed by atoms with Gasteiger partial charge in [-0.1, -0.05) is 15.9 Å². The quantitative estimate of drug-likeness (QED) is 0.664. The largest absolute Gasteiger partial charge is 0.283 e. The average Bonchev–Trinajstić information content (AvgIpc) is 2.47. The van der Waals surface area contributed by atoms with Crippen LogP contribution >= 0.6 is 15.9 Å². The summed E-state index contributed by atoms with van der Waals surface area (Å²) in [5.74, 6) is 0.891. The van der Waals surface area contributed by atoms with Crippen LogP contribution in [0, 0.1) is 0 Å². The summed E-state index contributed by atoms with van der Waals surface area (Å²) in [5, 5.41) is 8.56. The van der Waals surface area contributed by atoms with Gasteiger partial charge in [0, 0.05) is 12.4 Å². The fourth-order valence-corrected chi connectivity index (χ4v) is 1.28. The lowest BCUT2D eigenvalue weighted by atomic mass is 10.6. The molecule has 0 bridgehead atoms. The molecule has 11 heavy (non-hydrogen) atoms. The van der Waals surface area contributed by atoms with Gasteiger partial charge in [-0.2, -0.15) is 0 Å². The van der Waals surface area contributed by atoms with E-state index >= 15 is 0 Å². The van der Waals surface area contributed by atoms with Crippen molar-refractivity contribution in [3.05, 3.63) is 24.4 Å². The number of halogens is 1. The minimum absolute atomic E-state index is 0.707. The number of rotatable bonds is 1. The summed E-state index contributed by atoms with van der Waals surface area (Å²) >= 11 is 3.31. The SMILES string of the molecule is BrCc1nnc2cnccn12. The smallest absolute Gasteiger partial charge is 0.179 e. The van der Waals surface area contributed by atoms with Crippen LogP contribution in [-0.2, 0) is 5.33 Å². The molecule has 56 valence electrons. The molecule has 2 aromatic heterocycles. The molecule has 0 aliphatic carbocycles. The molecule has 4 nitrogen and oxygen atoms in total. The molecule has 0 fully saturated rings. The van der Waals surface area contributed by atoms with Gasteiger partial charge < -0.3 is 0 Å². The molecule has 2 aromatic rings. The predicted octanol–water partition coefficient (Wildman–Crippen LogP) is 1.02. The van der Waals surface area contributed by atoms with E-state index in [0.29, 0.717) is 5.33 Å². The maximum atomic E-state index is 3.94. The van der Waals surface area contributed by atoms with Crippen LogP contribution in [0.5, 0.6) is 0 Å². The topological polar surface area (TPSA) is 43.1 Å². The van der Waals surface area contributed by atoms with E-state index in [1.165, 1.54) is 0 Å². The minimum Gasteiger partial charge on any atom is -0.283 e. The summed E-state index contributed by atoms with van der Waals surface area (Å²) < 4.78 is 1.89. The van der Waals surface area contributed by atoms with Crippen LogP contribution in [0.4, 0.5) is 0 Å². The zero-order valence-electron chi connectivity index (χ0n) is 5.61. The molecular formula is C6H5BrN4. The summed E-state index contributed by atoms with van der Waals surface area (Å²) in [6.07, 6.45) is 5.23. The van der Waals surface area contributed by atoms with Crippen molar-refractivity contribution in [2.45, 2.75) is 5.33 Å². The van der Waals surface area contributed by atoms with Gasteiger partial charge in [0.1, 0.15) is 5.82 Å². The normalized spacial score (nSPS) is 10.6. The molecular weight excluding hydrogens is 208 g/mol. The molecule has 0 aromatic carbocycles. The molecule has 0 N–H and O–H groups in total. The van der Waals surface area contributed by atoms with Gasteiger partial charge in [-0.05, 0) is 0 Å². The highest BCUT2D eigenvalue weighted by molar-refractivity contribution is 9.08. The van der Waals surface area contributed by atoms with E-state index in [9.17, 15) is 0 Å². The molecule has 0 radical (unpaired) electrons. The van der Waals surface area contributed by atoms with Crippen molar-refractivity contribution < 1.29 is 0 Å². The first-order chi connectivity index (χ1) is 5.42. The molecule has 0 amide bonds. The Morgan fingerprint density at radius 3 is 3.18 bits per heavy atom. The van der Waals surface area contributed by atoms with E-state index in [4.69, 9.17) is 0 Å². The van der Waals surface area contributed by atoms with Crippen LogP contribution in [0.15, 0.2) is 18.6 Å². The van der Waals surface area contributed by atoms with E-state index in [-0.39, 0.29) is 0 Å². The summed E-state index contributed by atoms with van der Waals surface area (Å²) in [4.78, 5) is 3.92. The van der Waals surface area contributed by atoms with E-state index in [2.05, 4.69) is 31.1 Å². The molecule has 0 saturated heterocycles. The van der Waals surface area contributed by atoms with E-state index < -0.39 is 0 Å².